The fourth-order valence-corrected chi connectivity index (χ4v) is 2.95. The fourth-order valence-electron chi connectivity index (χ4n) is 2.83. The molecule has 0 bridgehead atoms. The zero-order valence-corrected chi connectivity index (χ0v) is 12.5. The molecule has 0 radical (unpaired) electrons. The number of benzene rings is 2. The highest BCUT2D eigenvalue weighted by Gasteiger charge is 2.16. The standard InChI is InChI=1S/C17H17FN2S/c18-16-8-12(7-15(9-16)17(19)21)10-20-6-5-13-3-1-2-4-14(13)11-20/h1-4,7-9H,5-6,10-11H2,(H2,19,21). The van der Waals surface area contributed by atoms with Gasteiger partial charge in [0.2, 0.25) is 0 Å². The molecule has 0 amide bonds. The Bertz CT molecular complexity index is 684. The highest BCUT2D eigenvalue weighted by atomic mass is 32.1. The van der Waals surface area contributed by atoms with E-state index in [0.717, 1.165) is 25.1 Å². The van der Waals surface area contributed by atoms with E-state index >= 15 is 0 Å². The minimum atomic E-state index is -0.285. The Morgan fingerprint density at radius 3 is 2.71 bits per heavy atom. The van der Waals surface area contributed by atoms with Gasteiger partial charge < -0.3 is 5.73 Å². The molecular formula is C17H17FN2S. The lowest BCUT2D eigenvalue weighted by atomic mass is 9.99. The summed E-state index contributed by atoms with van der Waals surface area (Å²) in [4.78, 5) is 2.56. The third kappa shape index (κ3) is 3.28. The van der Waals surface area contributed by atoms with Crippen LogP contribution in [0.4, 0.5) is 4.39 Å². The summed E-state index contributed by atoms with van der Waals surface area (Å²) in [5.74, 6) is -0.285. The Hall–Kier alpha value is -1.78. The second kappa shape index (κ2) is 5.92. The maximum atomic E-state index is 13.6. The van der Waals surface area contributed by atoms with Gasteiger partial charge in [-0.1, -0.05) is 36.5 Å². The van der Waals surface area contributed by atoms with E-state index in [1.165, 1.54) is 17.2 Å². The van der Waals surface area contributed by atoms with Crippen molar-refractivity contribution >= 4 is 17.2 Å². The number of fused-ring (bicyclic) bond motifs is 1. The lowest BCUT2D eigenvalue weighted by Gasteiger charge is -2.28. The zero-order valence-electron chi connectivity index (χ0n) is 11.7. The Kier molecular flexibility index (Phi) is 3.99. The van der Waals surface area contributed by atoms with Crippen LogP contribution in [0.5, 0.6) is 0 Å². The Morgan fingerprint density at radius 2 is 1.95 bits per heavy atom. The molecule has 1 aliphatic heterocycles. The van der Waals surface area contributed by atoms with Gasteiger partial charge in [-0.25, -0.2) is 4.39 Å². The maximum Gasteiger partial charge on any atom is 0.124 e. The highest BCUT2D eigenvalue weighted by Crippen LogP contribution is 2.21. The van der Waals surface area contributed by atoms with E-state index < -0.39 is 0 Å². The van der Waals surface area contributed by atoms with Gasteiger partial charge in [0.1, 0.15) is 10.8 Å². The Morgan fingerprint density at radius 1 is 1.19 bits per heavy atom. The minimum absolute atomic E-state index is 0.236. The quantitative estimate of drug-likeness (QED) is 0.884. The van der Waals surface area contributed by atoms with Crippen LogP contribution in [0.1, 0.15) is 22.3 Å². The van der Waals surface area contributed by atoms with Crippen molar-refractivity contribution in [1.29, 1.82) is 0 Å². The minimum Gasteiger partial charge on any atom is -0.389 e. The average Bonchev–Trinajstić information content (AvgIpc) is 2.46. The number of hydrogen-bond donors (Lipinski definition) is 1. The van der Waals surface area contributed by atoms with Crippen LogP contribution in [-0.2, 0) is 19.5 Å². The van der Waals surface area contributed by atoms with Crippen LogP contribution in [0.15, 0.2) is 42.5 Å². The van der Waals surface area contributed by atoms with Gasteiger partial charge in [0.05, 0.1) is 0 Å². The summed E-state index contributed by atoms with van der Waals surface area (Å²) in [5, 5.41) is 0. The molecule has 2 aromatic carbocycles. The summed E-state index contributed by atoms with van der Waals surface area (Å²) in [7, 11) is 0. The lowest BCUT2D eigenvalue weighted by molar-refractivity contribution is 0.245. The van der Waals surface area contributed by atoms with Gasteiger partial charge in [-0.3, -0.25) is 4.90 Å². The molecule has 1 aliphatic rings. The van der Waals surface area contributed by atoms with E-state index in [4.69, 9.17) is 18.0 Å². The molecular weight excluding hydrogens is 283 g/mol. The predicted octanol–water partition coefficient (Wildman–Crippen LogP) is 3.02. The van der Waals surface area contributed by atoms with Gasteiger partial charge in [-0.2, -0.15) is 0 Å². The summed E-state index contributed by atoms with van der Waals surface area (Å²) in [6.45, 7) is 2.59. The first kappa shape index (κ1) is 14.2. The Balaban J connectivity index is 1.78. The van der Waals surface area contributed by atoms with Crippen molar-refractivity contribution in [2.24, 2.45) is 5.73 Å². The molecule has 4 heteroatoms. The monoisotopic (exact) mass is 300 g/mol. The molecule has 0 atom stereocenters. The van der Waals surface area contributed by atoms with Gasteiger partial charge in [0.15, 0.2) is 0 Å². The van der Waals surface area contributed by atoms with E-state index in [9.17, 15) is 4.39 Å². The smallest absolute Gasteiger partial charge is 0.124 e. The van der Waals surface area contributed by atoms with Crippen LogP contribution < -0.4 is 5.73 Å². The molecule has 0 spiro atoms. The molecule has 0 aliphatic carbocycles. The topological polar surface area (TPSA) is 29.3 Å². The third-order valence-electron chi connectivity index (χ3n) is 3.86. The lowest BCUT2D eigenvalue weighted by Crippen LogP contribution is -2.30. The second-order valence-corrected chi connectivity index (χ2v) is 5.88. The van der Waals surface area contributed by atoms with Gasteiger partial charge in [0, 0.05) is 25.2 Å². The van der Waals surface area contributed by atoms with Crippen molar-refractivity contribution in [2.75, 3.05) is 6.54 Å². The summed E-state index contributed by atoms with van der Waals surface area (Å²) >= 11 is 4.94. The molecule has 0 unspecified atom stereocenters. The fraction of sp³-hybridized carbons (Fsp3) is 0.235. The third-order valence-corrected chi connectivity index (χ3v) is 4.09. The molecule has 2 N–H and O–H groups in total. The van der Waals surface area contributed by atoms with Crippen LogP contribution in [-0.4, -0.2) is 16.4 Å². The van der Waals surface area contributed by atoms with Crippen molar-refractivity contribution in [2.45, 2.75) is 19.5 Å². The summed E-state index contributed by atoms with van der Waals surface area (Å²) in [5.41, 5.74) is 9.88. The largest absolute Gasteiger partial charge is 0.389 e. The van der Waals surface area contributed by atoms with E-state index in [-0.39, 0.29) is 10.8 Å². The molecule has 21 heavy (non-hydrogen) atoms. The van der Waals surface area contributed by atoms with E-state index in [2.05, 4.69) is 29.2 Å². The van der Waals surface area contributed by atoms with Crippen molar-refractivity contribution in [3.63, 3.8) is 0 Å². The molecule has 108 valence electrons. The van der Waals surface area contributed by atoms with Crippen molar-refractivity contribution < 1.29 is 4.39 Å². The van der Waals surface area contributed by atoms with E-state index in [0.29, 0.717) is 12.1 Å². The van der Waals surface area contributed by atoms with Crippen LogP contribution >= 0.6 is 12.2 Å². The highest BCUT2D eigenvalue weighted by molar-refractivity contribution is 7.80. The van der Waals surface area contributed by atoms with Crippen molar-refractivity contribution in [3.05, 3.63) is 70.5 Å². The summed E-state index contributed by atoms with van der Waals surface area (Å²) in [6, 6.07) is 13.3. The van der Waals surface area contributed by atoms with Gasteiger partial charge in [0.25, 0.3) is 0 Å². The molecule has 2 aromatic rings. The summed E-state index contributed by atoms with van der Waals surface area (Å²) < 4.78 is 13.6. The number of hydrogen-bond acceptors (Lipinski definition) is 2. The van der Waals surface area contributed by atoms with Crippen LogP contribution in [0.25, 0.3) is 0 Å². The molecule has 1 heterocycles. The first-order chi connectivity index (χ1) is 10.1. The van der Waals surface area contributed by atoms with Gasteiger partial charge >= 0.3 is 0 Å². The first-order valence-electron chi connectivity index (χ1n) is 7.00. The van der Waals surface area contributed by atoms with Crippen LogP contribution in [0.2, 0.25) is 0 Å². The van der Waals surface area contributed by atoms with E-state index in [1.807, 2.05) is 6.07 Å². The molecule has 3 rings (SSSR count). The van der Waals surface area contributed by atoms with Crippen molar-refractivity contribution in [1.82, 2.24) is 4.90 Å². The molecule has 2 nitrogen and oxygen atoms in total. The van der Waals surface area contributed by atoms with Crippen LogP contribution in [0.3, 0.4) is 0 Å². The number of halogens is 1. The van der Waals surface area contributed by atoms with Crippen LogP contribution in [0, 0.1) is 5.82 Å². The first-order valence-corrected chi connectivity index (χ1v) is 7.41. The maximum absolute atomic E-state index is 13.6. The predicted molar refractivity (Wildman–Crippen MR) is 86.5 cm³/mol. The molecule has 0 saturated heterocycles. The number of thiocarbonyl (C=S) groups is 1. The average molecular weight is 300 g/mol. The van der Waals surface area contributed by atoms with Gasteiger partial charge in [-0.15, -0.1) is 0 Å². The number of nitrogens with zero attached hydrogens (tertiary/aromatic N) is 1. The van der Waals surface area contributed by atoms with Gasteiger partial charge in [-0.05, 0) is 41.3 Å². The normalized spacial score (nSPS) is 14.7. The number of rotatable bonds is 3. The SMILES string of the molecule is NC(=S)c1cc(F)cc(CN2CCc3ccccc3C2)c1. The van der Waals surface area contributed by atoms with E-state index in [1.54, 1.807) is 6.07 Å². The second-order valence-electron chi connectivity index (χ2n) is 5.44. The molecule has 0 fully saturated rings. The number of nitrogens with two attached hydrogens (primary N) is 1. The Labute approximate surface area is 129 Å². The van der Waals surface area contributed by atoms with Crippen molar-refractivity contribution in [3.8, 4) is 0 Å². The molecule has 0 saturated carbocycles. The summed E-state index contributed by atoms with van der Waals surface area (Å²) in [6.07, 6.45) is 1.04. The molecule has 0 aromatic heterocycles. The zero-order chi connectivity index (χ0) is 14.8.